The molecule has 0 bridgehead atoms. The fourth-order valence-electron chi connectivity index (χ4n) is 6.21. The summed E-state index contributed by atoms with van der Waals surface area (Å²) in [6, 6.07) is 0. The first-order valence-electron chi connectivity index (χ1n) is 16.5. The van der Waals surface area contributed by atoms with Gasteiger partial charge in [-0.25, -0.2) is 0 Å². The molecular formula is C33H63NO2. The van der Waals surface area contributed by atoms with E-state index in [1.54, 1.807) is 0 Å². The van der Waals surface area contributed by atoms with E-state index < -0.39 is 0 Å². The summed E-state index contributed by atoms with van der Waals surface area (Å²) in [6.07, 6.45) is 31.5. The van der Waals surface area contributed by atoms with E-state index in [1.165, 1.54) is 135 Å². The maximum atomic E-state index is 12.5. The number of unbranched alkanes of at least 4 members (excludes halogenated alkanes) is 15. The zero-order valence-corrected chi connectivity index (χ0v) is 24.8. The van der Waals surface area contributed by atoms with E-state index in [0.717, 1.165) is 37.8 Å². The van der Waals surface area contributed by atoms with E-state index in [1.807, 2.05) is 0 Å². The van der Waals surface area contributed by atoms with E-state index >= 15 is 0 Å². The van der Waals surface area contributed by atoms with Crippen LogP contribution in [-0.4, -0.2) is 37.1 Å². The lowest BCUT2D eigenvalue weighted by Crippen LogP contribution is -2.49. The van der Waals surface area contributed by atoms with E-state index in [0.29, 0.717) is 0 Å². The zero-order chi connectivity index (χ0) is 25.8. The van der Waals surface area contributed by atoms with E-state index in [9.17, 15) is 4.79 Å². The lowest BCUT2D eigenvalue weighted by Gasteiger charge is -2.35. The number of nitrogens with zero attached hydrogens (tertiary/aromatic N) is 1. The van der Waals surface area contributed by atoms with E-state index in [2.05, 4.69) is 25.8 Å². The minimum absolute atomic E-state index is 0.0704. The van der Waals surface area contributed by atoms with Crippen LogP contribution in [0.2, 0.25) is 0 Å². The van der Waals surface area contributed by atoms with Gasteiger partial charge in [-0.1, -0.05) is 129 Å². The Morgan fingerprint density at radius 3 is 1.53 bits per heavy atom. The molecule has 1 heterocycles. The number of ether oxygens (including phenoxy) is 1. The molecule has 0 aromatic carbocycles. The largest absolute Gasteiger partial charge is 0.462 e. The van der Waals surface area contributed by atoms with Gasteiger partial charge in [-0.3, -0.25) is 4.79 Å². The van der Waals surface area contributed by atoms with Crippen molar-refractivity contribution in [3.63, 3.8) is 0 Å². The second-order valence-corrected chi connectivity index (χ2v) is 12.5. The summed E-state index contributed by atoms with van der Waals surface area (Å²) in [4.78, 5) is 14.7. The van der Waals surface area contributed by atoms with Crippen LogP contribution in [0.4, 0.5) is 0 Å². The number of esters is 1. The molecule has 0 aromatic heterocycles. The van der Waals surface area contributed by atoms with Crippen molar-refractivity contribution in [3.05, 3.63) is 0 Å². The molecule has 1 saturated heterocycles. The van der Waals surface area contributed by atoms with Crippen LogP contribution in [-0.2, 0) is 9.53 Å². The van der Waals surface area contributed by atoms with Gasteiger partial charge in [0.25, 0.3) is 0 Å². The fourth-order valence-corrected chi connectivity index (χ4v) is 6.21. The molecule has 1 saturated carbocycles. The molecular weight excluding hydrogens is 442 g/mol. The number of hydrogen-bond acceptors (Lipinski definition) is 3. The summed E-state index contributed by atoms with van der Waals surface area (Å²) in [6.45, 7) is 6.34. The third-order valence-electron chi connectivity index (χ3n) is 8.91. The molecule has 0 aromatic rings. The fraction of sp³-hybridized carbons (Fsp3) is 0.970. The number of carbonyl (C=O) groups excluding carboxylic acids is 1. The smallest absolute Gasteiger partial charge is 0.311 e. The molecule has 2 rings (SSSR count). The predicted molar refractivity (Wildman–Crippen MR) is 155 cm³/mol. The monoisotopic (exact) mass is 505 g/mol. The lowest BCUT2D eigenvalue weighted by atomic mass is 9.99. The minimum Gasteiger partial charge on any atom is -0.462 e. The second-order valence-electron chi connectivity index (χ2n) is 12.5. The van der Waals surface area contributed by atoms with Crippen molar-refractivity contribution in [2.24, 2.45) is 17.8 Å². The van der Waals surface area contributed by atoms with Gasteiger partial charge in [0.15, 0.2) is 0 Å². The van der Waals surface area contributed by atoms with Crippen molar-refractivity contribution < 1.29 is 9.53 Å². The Bertz CT molecular complexity index is 530. The molecule has 212 valence electrons. The van der Waals surface area contributed by atoms with Crippen LogP contribution in [0.1, 0.15) is 162 Å². The van der Waals surface area contributed by atoms with Crippen LogP contribution in [0.3, 0.4) is 0 Å². The Hall–Kier alpha value is -0.570. The maximum Gasteiger partial charge on any atom is 0.311 e. The summed E-state index contributed by atoms with van der Waals surface area (Å²) in [5, 5.41) is 0. The van der Waals surface area contributed by atoms with Crippen LogP contribution >= 0.6 is 0 Å². The Kier molecular flexibility index (Phi) is 17.9. The SMILES string of the molecule is CCCCCCCCCC(CCCCCCCC1CC1CCCCCCCC)OC(=O)C1CN(C)C1. The van der Waals surface area contributed by atoms with Crippen LogP contribution in [0.25, 0.3) is 0 Å². The van der Waals surface area contributed by atoms with Gasteiger partial charge in [-0.05, 0) is 51.0 Å². The topological polar surface area (TPSA) is 29.5 Å². The van der Waals surface area contributed by atoms with Crippen LogP contribution < -0.4 is 0 Å². The van der Waals surface area contributed by atoms with Gasteiger partial charge in [-0.2, -0.15) is 0 Å². The third-order valence-corrected chi connectivity index (χ3v) is 8.91. The first kappa shape index (κ1) is 31.6. The molecule has 0 spiro atoms. The standard InChI is InChI=1S/C33H63NO2/c1-4-6-8-10-12-16-20-24-32(36-33(35)31-27-34(3)28-31)25-21-17-13-15-19-23-30-26-29(30)22-18-14-11-9-7-5-2/h29-32H,4-28H2,1-3H3. The van der Waals surface area contributed by atoms with Crippen LogP contribution in [0, 0.1) is 17.8 Å². The Morgan fingerprint density at radius 2 is 1.08 bits per heavy atom. The van der Waals surface area contributed by atoms with Crippen molar-refractivity contribution in [1.82, 2.24) is 4.90 Å². The van der Waals surface area contributed by atoms with Crippen molar-refractivity contribution in [2.75, 3.05) is 20.1 Å². The normalized spacial score (nSPS) is 20.9. The molecule has 3 unspecified atom stereocenters. The molecule has 1 aliphatic carbocycles. The predicted octanol–water partition coefficient (Wildman–Crippen LogP) is 9.72. The van der Waals surface area contributed by atoms with Gasteiger partial charge in [0.1, 0.15) is 6.10 Å². The summed E-state index contributed by atoms with van der Waals surface area (Å²) in [5.41, 5.74) is 0. The summed E-state index contributed by atoms with van der Waals surface area (Å²) in [5.74, 6) is 2.34. The minimum atomic E-state index is 0.0704. The van der Waals surface area contributed by atoms with E-state index in [-0.39, 0.29) is 18.0 Å². The molecule has 2 fully saturated rings. The summed E-state index contributed by atoms with van der Waals surface area (Å²) in [7, 11) is 2.08. The van der Waals surface area contributed by atoms with Gasteiger partial charge < -0.3 is 9.64 Å². The quantitative estimate of drug-likeness (QED) is 0.0913. The first-order chi connectivity index (χ1) is 17.6. The Morgan fingerprint density at radius 1 is 0.667 bits per heavy atom. The summed E-state index contributed by atoms with van der Waals surface area (Å²) >= 11 is 0. The summed E-state index contributed by atoms with van der Waals surface area (Å²) < 4.78 is 6.02. The highest BCUT2D eigenvalue weighted by Gasteiger charge is 2.35. The molecule has 0 radical (unpaired) electrons. The van der Waals surface area contributed by atoms with Crippen molar-refractivity contribution >= 4 is 5.97 Å². The van der Waals surface area contributed by atoms with Crippen molar-refractivity contribution in [3.8, 4) is 0 Å². The highest BCUT2D eigenvalue weighted by molar-refractivity contribution is 5.74. The van der Waals surface area contributed by atoms with Gasteiger partial charge in [0, 0.05) is 13.1 Å². The van der Waals surface area contributed by atoms with Crippen molar-refractivity contribution in [1.29, 1.82) is 0 Å². The molecule has 3 atom stereocenters. The highest BCUT2D eigenvalue weighted by atomic mass is 16.5. The first-order valence-corrected chi connectivity index (χ1v) is 16.5. The van der Waals surface area contributed by atoms with Gasteiger partial charge >= 0.3 is 5.97 Å². The average molecular weight is 506 g/mol. The van der Waals surface area contributed by atoms with E-state index in [4.69, 9.17) is 4.74 Å². The molecule has 2 aliphatic rings. The number of rotatable bonds is 25. The maximum absolute atomic E-state index is 12.5. The van der Waals surface area contributed by atoms with Crippen molar-refractivity contribution in [2.45, 2.75) is 168 Å². The number of hydrogen-bond donors (Lipinski definition) is 0. The second kappa shape index (κ2) is 20.4. The van der Waals surface area contributed by atoms with Crippen LogP contribution in [0.5, 0.6) is 0 Å². The van der Waals surface area contributed by atoms with Crippen LogP contribution in [0.15, 0.2) is 0 Å². The van der Waals surface area contributed by atoms with Gasteiger partial charge in [-0.15, -0.1) is 0 Å². The molecule has 3 heteroatoms. The third kappa shape index (κ3) is 15.0. The number of likely N-dealkylation sites (tertiary alicyclic amines) is 1. The average Bonchev–Trinajstić information content (AvgIpc) is 3.60. The molecule has 0 amide bonds. The Balaban J connectivity index is 1.47. The molecule has 0 N–H and O–H groups in total. The highest BCUT2D eigenvalue weighted by Crippen LogP contribution is 2.45. The lowest BCUT2D eigenvalue weighted by molar-refractivity contribution is -0.160. The Labute approximate surface area is 225 Å². The molecule has 3 nitrogen and oxygen atoms in total. The van der Waals surface area contributed by atoms with Gasteiger partial charge in [0.2, 0.25) is 0 Å². The number of carbonyl (C=O) groups is 1. The zero-order valence-electron chi connectivity index (χ0n) is 24.8. The van der Waals surface area contributed by atoms with Gasteiger partial charge in [0.05, 0.1) is 5.92 Å². The molecule has 1 aliphatic heterocycles. The molecule has 36 heavy (non-hydrogen) atoms.